The Bertz CT molecular complexity index is 1480. The zero-order valence-electron chi connectivity index (χ0n) is 16.3. The van der Waals surface area contributed by atoms with Crippen molar-refractivity contribution < 1.29 is 8.78 Å². The molecule has 0 radical (unpaired) electrons. The second kappa shape index (κ2) is 7.28. The van der Waals surface area contributed by atoms with Gasteiger partial charge in [-0.05, 0) is 48.4 Å². The summed E-state index contributed by atoms with van der Waals surface area (Å²) >= 11 is 0. The lowest BCUT2D eigenvalue weighted by molar-refractivity contribution is 0.618. The van der Waals surface area contributed by atoms with Gasteiger partial charge < -0.3 is 10.3 Å². The maximum atomic E-state index is 13.8. The number of pyridine rings is 2. The molecule has 0 aliphatic heterocycles. The molecule has 9 heteroatoms. The van der Waals surface area contributed by atoms with E-state index >= 15 is 0 Å². The molecule has 0 fully saturated rings. The van der Waals surface area contributed by atoms with E-state index in [1.54, 1.807) is 6.07 Å². The average molecular weight is 418 g/mol. The summed E-state index contributed by atoms with van der Waals surface area (Å²) in [5.74, 6) is -0.411. The topological polar surface area (TPSA) is 88.0 Å². The van der Waals surface area contributed by atoms with Crippen molar-refractivity contribution in [3.05, 3.63) is 88.9 Å². The Balaban J connectivity index is 1.70. The normalized spacial score (nSPS) is 12.4. The van der Waals surface area contributed by atoms with Gasteiger partial charge in [0.15, 0.2) is 11.5 Å². The van der Waals surface area contributed by atoms with Crippen molar-refractivity contribution in [1.82, 2.24) is 24.3 Å². The van der Waals surface area contributed by atoms with Crippen LogP contribution in [0.1, 0.15) is 18.5 Å². The van der Waals surface area contributed by atoms with E-state index < -0.39 is 17.2 Å². The summed E-state index contributed by atoms with van der Waals surface area (Å²) < 4.78 is 28.6. The van der Waals surface area contributed by atoms with Gasteiger partial charge in [-0.15, -0.1) is 0 Å². The fourth-order valence-electron chi connectivity index (χ4n) is 3.66. The van der Waals surface area contributed by atoms with E-state index in [1.165, 1.54) is 47.4 Å². The van der Waals surface area contributed by atoms with Crippen LogP contribution in [0.5, 0.6) is 0 Å². The van der Waals surface area contributed by atoms with E-state index in [2.05, 4.69) is 25.3 Å². The number of imidazole rings is 1. The van der Waals surface area contributed by atoms with E-state index in [0.717, 1.165) is 6.20 Å². The van der Waals surface area contributed by atoms with Gasteiger partial charge in [0.25, 0.3) is 5.56 Å². The second-order valence-electron chi connectivity index (χ2n) is 7.12. The summed E-state index contributed by atoms with van der Waals surface area (Å²) in [6, 6.07) is 9.92. The summed E-state index contributed by atoms with van der Waals surface area (Å²) in [7, 11) is 0. The first-order valence-electron chi connectivity index (χ1n) is 9.52. The van der Waals surface area contributed by atoms with E-state index in [-0.39, 0.29) is 6.04 Å². The first-order valence-corrected chi connectivity index (χ1v) is 9.52. The Morgan fingerprint density at radius 2 is 1.81 bits per heavy atom. The van der Waals surface area contributed by atoms with Gasteiger partial charge in [-0.2, -0.15) is 0 Å². The molecular weight excluding hydrogens is 402 g/mol. The zero-order valence-corrected chi connectivity index (χ0v) is 16.3. The summed E-state index contributed by atoms with van der Waals surface area (Å²) in [6.07, 6.45) is 4.07. The van der Waals surface area contributed by atoms with Crippen LogP contribution in [-0.4, -0.2) is 24.3 Å². The number of rotatable bonds is 4. The SMILES string of the molecule is C[C@H](Nc1ncnc2nc[nH]c12)c1cc2ccc(F)cn2c(=O)c1-c1ccc(F)cc1. The number of H-pyrrole nitrogens is 1. The van der Waals surface area contributed by atoms with Gasteiger partial charge >= 0.3 is 0 Å². The largest absolute Gasteiger partial charge is 0.362 e. The van der Waals surface area contributed by atoms with E-state index in [1.807, 2.05) is 13.0 Å². The van der Waals surface area contributed by atoms with E-state index in [4.69, 9.17) is 0 Å². The lowest BCUT2D eigenvalue weighted by Gasteiger charge is -2.20. The lowest BCUT2D eigenvalue weighted by Crippen LogP contribution is -2.21. The van der Waals surface area contributed by atoms with Crippen molar-refractivity contribution in [2.45, 2.75) is 13.0 Å². The van der Waals surface area contributed by atoms with Gasteiger partial charge in [-0.1, -0.05) is 12.1 Å². The zero-order chi connectivity index (χ0) is 21.5. The first kappa shape index (κ1) is 18.9. The highest BCUT2D eigenvalue weighted by Crippen LogP contribution is 2.30. The second-order valence-corrected chi connectivity index (χ2v) is 7.12. The van der Waals surface area contributed by atoms with Gasteiger partial charge in [-0.3, -0.25) is 9.20 Å². The van der Waals surface area contributed by atoms with Crippen molar-refractivity contribution in [3.63, 3.8) is 0 Å². The molecule has 5 rings (SSSR count). The van der Waals surface area contributed by atoms with Crippen LogP contribution in [0.15, 0.2) is 66.1 Å². The highest BCUT2D eigenvalue weighted by Gasteiger charge is 2.20. The predicted molar refractivity (Wildman–Crippen MR) is 113 cm³/mol. The molecule has 0 aliphatic rings. The van der Waals surface area contributed by atoms with Crippen LogP contribution in [0.3, 0.4) is 0 Å². The van der Waals surface area contributed by atoms with Gasteiger partial charge in [0.2, 0.25) is 0 Å². The van der Waals surface area contributed by atoms with Gasteiger partial charge in [0, 0.05) is 11.7 Å². The highest BCUT2D eigenvalue weighted by molar-refractivity contribution is 5.82. The van der Waals surface area contributed by atoms with Crippen LogP contribution in [-0.2, 0) is 0 Å². The number of benzene rings is 1. The number of nitrogens with one attached hydrogen (secondary N) is 2. The molecule has 4 aromatic heterocycles. The van der Waals surface area contributed by atoms with E-state index in [9.17, 15) is 13.6 Å². The first-order chi connectivity index (χ1) is 15.0. The monoisotopic (exact) mass is 418 g/mol. The van der Waals surface area contributed by atoms with Crippen LogP contribution in [0, 0.1) is 11.6 Å². The third kappa shape index (κ3) is 3.29. The average Bonchev–Trinajstić information content (AvgIpc) is 3.25. The van der Waals surface area contributed by atoms with Crippen LogP contribution in [0.25, 0.3) is 27.8 Å². The summed E-state index contributed by atoms with van der Waals surface area (Å²) in [5, 5.41) is 3.29. The lowest BCUT2D eigenvalue weighted by atomic mass is 9.96. The van der Waals surface area contributed by atoms with Crippen molar-refractivity contribution in [1.29, 1.82) is 0 Å². The molecule has 0 spiro atoms. The molecule has 0 saturated heterocycles. The smallest absolute Gasteiger partial charge is 0.263 e. The Morgan fingerprint density at radius 1 is 1.03 bits per heavy atom. The van der Waals surface area contributed by atoms with E-state index in [0.29, 0.717) is 39.2 Å². The molecule has 4 heterocycles. The molecule has 7 nitrogen and oxygen atoms in total. The third-order valence-corrected chi connectivity index (χ3v) is 5.14. The van der Waals surface area contributed by atoms with Crippen molar-refractivity contribution >= 4 is 22.5 Å². The molecule has 0 amide bonds. The molecule has 0 saturated carbocycles. The maximum Gasteiger partial charge on any atom is 0.263 e. The number of fused-ring (bicyclic) bond motifs is 2. The summed E-state index contributed by atoms with van der Waals surface area (Å²) in [5.41, 5.74) is 2.82. The standard InChI is InChI=1S/C22H16F2N6O/c1-12(29-21-19-20(26-10-25-19)27-11-28-21)17-8-16-7-6-15(24)9-30(16)22(31)18(17)13-2-4-14(23)5-3-13/h2-12H,1H3,(H2,25,26,27,28,29)/t12-/m0/s1. The van der Waals surface area contributed by atoms with Gasteiger partial charge in [-0.25, -0.2) is 23.7 Å². The highest BCUT2D eigenvalue weighted by atomic mass is 19.1. The quantitative estimate of drug-likeness (QED) is 0.459. The van der Waals surface area contributed by atoms with Crippen molar-refractivity contribution in [2.24, 2.45) is 0 Å². The fraction of sp³-hybridized carbons (Fsp3) is 0.0909. The van der Waals surface area contributed by atoms with Gasteiger partial charge in [0.1, 0.15) is 23.5 Å². The molecule has 31 heavy (non-hydrogen) atoms. The summed E-state index contributed by atoms with van der Waals surface area (Å²) in [6.45, 7) is 1.88. The number of hydrogen-bond donors (Lipinski definition) is 2. The molecule has 2 N–H and O–H groups in total. The summed E-state index contributed by atoms with van der Waals surface area (Å²) in [4.78, 5) is 28.8. The Kier molecular flexibility index (Phi) is 4.43. The van der Waals surface area contributed by atoms with Crippen LogP contribution < -0.4 is 10.9 Å². The molecular formula is C22H16F2N6O. The van der Waals surface area contributed by atoms with Crippen LogP contribution in [0.2, 0.25) is 0 Å². The predicted octanol–water partition coefficient (Wildman–Crippen LogP) is 4.08. The third-order valence-electron chi connectivity index (χ3n) is 5.14. The maximum absolute atomic E-state index is 13.8. The number of aromatic nitrogens is 5. The van der Waals surface area contributed by atoms with Gasteiger partial charge in [0.05, 0.1) is 17.9 Å². The Hall–Kier alpha value is -4.14. The molecule has 0 bridgehead atoms. The molecule has 5 aromatic rings. The molecule has 1 aromatic carbocycles. The number of aromatic amines is 1. The Labute approximate surface area is 174 Å². The van der Waals surface area contributed by atoms with Crippen molar-refractivity contribution in [2.75, 3.05) is 5.32 Å². The van der Waals surface area contributed by atoms with Crippen molar-refractivity contribution in [3.8, 4) is 11.1 Å². The van der Waals surface area contributed by atoms with Crippen LogP contribution in [0.4, 0.5) is 14.6 Å². The molecule has 154 valence electrons. The molecule has 0 unspecified atom stereocenters. The number of nitrogens with zero attached hydrogens (tertiary/aromatic N) is 4. The number of halogens is 2. The minimum atomic E-state index is -0.527. The minimum Gasteiger partial charge on any atom is -0.362 e. The Morgan fingerprint density at radius 3 is 2.61 bits per heavy atom. The molecule has 1 atom stereocenters. The fourth-order valence-corrected chi connectivity index (χ4v) is 3.66. The number of hydrogen-bond acceptors (Lipinski definition) is 5. The minimum absolute atomic E-state index is 0.345. The van der Waals surface area contributed by atoms with Crippen LogP contribution >= 0.6 is 0 Å². The number of anilines is 1. The molecule has 0 aliphatic carbocycles.